The molecule has 0 saturated carbocycles. The van der Waals surface area contributed by atoms with Crippen molar-refractivity contribution in [1.82, 2.24) is 5.43 Å². The third kappa shape index (κ3) is 5.54. The van der Waals surface area contributed by atoms with Gasteiger partial charge in [0, 0.05) is 0 Å². The van der Waals surface area contributed by atoms with Crippen LogP contribution in [0.5, 0.6) is 5.75 Å². The van der Waals surface area contributed by atoms with Crippen LogP contribution in [0.3, 0.4) is 0 Å². The highest BCUT2D eigenvalue weighted by Crippen LogP contribution is 2.21. The van der Waals surface area contributed by atoms with Gasteiger partial charge in [-0.2, -0.15) is 5.10 Å². The van der Waals surface area contributed by atoms with E-state index >= 15 is 0 Å². The summed E-state index contributed by atoms with van der Waals surface area (Å²) in [5.41, 5.74) is 6.92. The van der Waals surface area contributed by atoms with Gasteiger partial charge in [-0.1, -0.05) is 73.7 Å². The van der Waals surface area contributed by atoms with Crippen LogP contribution in [0.1, 0.15) is 18.1 Å². The highest BCUT2D eigenvalue weighted by Gasteiger charge is 2.02. The number of benzene rings is 3. The van der Waals surface area contributed by atoms with Crippen molar-refractivity contribution in [2.24, 2.45) is 5.10 Å². The lowest BCUT2D eigenvalue weighted by molar-refractivity contribution is -0.123. The normalized spacial score (nSPS) is 10.7. The fraction of sp³-hybridized carbons (Fsp3) is 0.130. The van der Waals surface area contributed by atoms with Crippen LogP contribution < -0.4 is 10.2 Å². The lowest BCUT2D eigenvalue weighted by Gasteiger charge is -2.06. The van der Waals surface area contributed by atoms with Gasteiger partial charge in [0.2, 0.25) is 0 Å². The number of carbonyl (C=O) groups excluding carboxylic acids is 1. The standard InChI is InChI=1S/C23H22N2O2/c1-2-18-8-10-19(11-9-18)16-24-25-23(26)17-27-22-14-12-21(13-15-22)20-6-4-3-5-7-20/h3-16H,2,17H2,1H3,(H,25,26)/b24-16-. The number of ether oxygens (including phenoxy) is 1. The van der Waals surface area contributed by atoms with Gasteiger partial charge in [0.05, 0.1) is 6.21 Å². The zero-order valence-electron chi connectivity index (χ0n) is 15.3. The number of rotatable bonds is 7. The van der Waals surface area contributed by atoms with Crippen molar-refractivity contribution < 1.29 is 9.53 Å². The van der Waals surface area contributed by atoms with Crippen molar-refractivity contribution in [2.75, 3.05) is 6.61 Å². The summed E-state index contributed by atoms with van der Waals surface area (Å²) in [6.07, 6.45) is 2.61. The molecule has 4 nitrogen and oxygen atoms in total. The second-order valence-corrected chi connectivity index (χ2v) is 6.07. The molecule has 4 heteroatoms. The van der Waals surface area contributed by atoms with Crippen LogP contribution in [0.25, 0.3) is 11.1 Å². The number of nitrogens with one attached hydrogen (secondary N) is 1. The van der Waals surface area contributed by atoms with E-state index in [9.17, 15) is 4.79 Å². The van der Waals surface area contributed by atoms with Crippen LogP contribution in [-0.4, -0.2) is 18.7 Å². The summed E-state index contributed by atoms with van der Waals surface area (Å²) in [5, 5.41) is 3.96. The molecule has 0 atom stereocenters. The monoisotopic (exact) mass is 358 g/mol. The predicted octanol–water partition coefficient (Wildman–Crippen LogP) is 4.45. The maximum absolute atomic E-state index is 11.8. The Kier molecular flexibility index (Phi) is 6.36. The van der Waals surface area contributed by atoms with Crippen molar-refractivity contribution in [3.8, 4) is 16.9 Å². The van der Waals surface area contributed by atoms with Crippen LogP contribution in [0.4, 0.5) is 0 Å². The number of hydrazone groups is 1. The maximum atomic E-state index is 11.8. The van der Waals surface area contributed by atoms with E-state index in [2.05, 4.69) is 29.6 Å². The Morgan fingerprint density at radius 2 is 1.59 bits per heavy atom. The first-order chi connectivity index (χ1) is 13.2. The molecule has 0 saturated heterocycles. The second kappa shape index (κ2) is 9.34. The van der Waals surface area contributed by atoms with Gasteiger partial charge in [-0.15, -0.1) is 0 Å². The van der Waals surface area contributed by atoms with Crippen LogP contribution >= 0.6 is 0 Å². The van der Waals surface area contributed by atoms with Gasteiger partial charge in [0.15, 0.2) is 6.61 Å². The van der Waals surface area contributed by atoms with Crippen LogP contribution in [0.15, 0.2) is 84.0 Å². The first-order valence-electron chi connectivity index (χ1n) is 8.94. The molecule has 1 N–H and O–H groups in total. The summed E-state index contributed by atoms with van der Waals surface area (Å²) in [4.78, 5) is 11.8. The summed E-state index contributed by atoms with van der Waals surface area (Å²) in [5.74, 6) is 0.340. The summed E-state index contributed by atoms with van der Waals surface area (Å²) in [6, 6.07) is 25.8. The molecule has 0 fully saturated rings. The maximum Gasteiger partial charge on any atom is 0.277 e. The largest absolute Gasteiger partial charge is 0.484 e. The highest BCUT2D eigenvalue weighted by atomic mass is 16.5. The van der Waals surface area contributed by atoms with E-state index in [1.54, 1.807) is 6.21 Å². The van der Waals surface area contributed by atoms with Crippen molar-refractivity contribution in [2.45, 2.75) is 13.3 Å². The van der Waals surface area contributed by atoms with Crippen molar-refractivity contribution in [1.29, 1.82) is 0 Å². The molecule has 0 radical (unpaired) electrons. The predicted molar refractivity (Wildman–Crippen MR) is 109 cm³/mol. The van der Waals surface area contributed by atoms with Crippen LogP contribution in [0, 0.1) is 0 Å². The molecule has 0 aliphatic carbocycles. The molecule has 136 valence electrons. The van der Waals surface area contributed by atoms with Gasteiger partial charge in [0.25, 0.3) is 5.91 Å². The van der Waals surface area contributed by atoms with E-state index in [1.807, 2.05) is 66.7 Å². The minimum Gasteiger partial charge on any atom is -0.484 e. The molecule has 3 aromatic rings. The number of hydrogen-bond donors (Lipinski definition) is 1. The molecule has 0 aliphatic rings. The van der Waals surface area contributed by atoms with Gasteiger partial charge in [-0.25, -0.2) is 5.43 Å². The summed E-state index contributed by atoms with van der Waals surface area (Å²) < 4.78 is 5.51. The van der Waals surface area contributed by atoms with Gasteiger partial charge in [-0.3, -0.25) is 4.79 Å². The second-order valence-electron chi connectivity index (χ2n) is 6.07. The molecule has 0 aliphatic heterocycles. The molecule has 0 unspecified atom stereocenters. The van der Waals surface area contributed by atoms with Crippen LogP contribution in [-0.2, 0) is 11.2 Å². The SMILES string of the molecule is CCc1ccc(/C=N\NC(=O)COc2ccc(-c3ccccc3)cc2)cc1. The molecule has 3 aromatic carbocycles. The van der Waals surface area contributed by atoms with Gasteiger partial charge in [-0.05, 0) is 40.8 Å². The molecule has 27 heavy (non-hydrogen) atoms. The van der Waals surface area contributed by atoms with E-state index in [1.165, 1.54) is 5.56 Å². The lowest BCUT2D eigenvalue weighted by atomic mass is 10.1. The minimum absolute atomic E-state index is 0.0865. The first kappa shape index (κ1) is 18.4. The third-order valence-corrected chi connectivity index (χ3v) is 4.12. The lowest BCUT2D eigenvalue weighted by Crippen LogP contribution is -2.24. The van der Waals surface area contributed by atoms with E-state index in [4.69, 9.17) is 4.74 Å². The molecule has 0 aromatic heterocycles. The molecule has 1 amide bonds. The fourth-order valence-corrected chi connectivity index (χ4v) is 2.57. The highest BCUT2D eigenvalue weighted by molar-refractivity contribution is 5.83. The zero-order valence-corrected chi connectivity index (χ0v) is 15.3. The minimum atomic E-state index is -0.302. The van der Waals surface area contributed by atoms with Crippen molar-refractivity contribution in [3.63, 3.8) is 0 Å². The third-order valence-electron chi connectivity index (χ3n) is 4.12. The topological polar surface area (TPSA) is 50.7 Å². The number of carbonyl (C=O) groups is 1. The molecular weight excluding hydrogens is 336 g/mol. The van der Waals surface area contributed by atoms with E-state index in [-0.39, 0.29) is 12.5 Å². The van der Waals surface area contributed by atoms with Gasteiger partial charge < -0.3 is 4.74 Å². The smallest absolute Gasteiger partial charge is 0.277 e. The summed E-state index contributed by atoms with van der Waals surface area (Å²) in [6.45, 7) is 2.02. The molecule has 0 spiro atoms. The van der Waals surface area contributed by atoms with E-state index in [0.717, 1.165) is 23.1 Å². The molecule has 3 rings (SSSR count). The van der Waals surface area contributed by atoms with Crippen LogP contribution in [0.2, 0.25) is 0 Å². The number of nitrogens with zero attached hydrogens (tertiary/aromatic N) is 1. The summed E-state index contributed by atoms with van der Waals surface area (Å²) in [7, 11) is 0. The zero-order chi connectivity index (χ0) is 18.9. The average molecular weight is 358 g/mol. The van der Waals surface area contributed by atoms with Gasteiger partial charge >= 0.3 is 0 Å². The molecular formula is C23H22N2O2. The van der Waals surface area contributed by atoms with Crippen molar-refractivity contribution >= 4 is 12.1 Å². The first-order valence-corrected chi connectivity index (χ1v) is 8.94. The van der Waals surface area contributed by atoms with Crippen molar-refractivity contribution in [3.05, 3.63) is 90.0 Å². The number of amides is 1. The Hall–Kier alpha value is -3.40. The molecule has 0 heterocycles. The Bertz CT molecular complexity index is 886. The Balaban J connectivity index is 1.46. The Labute approximate surface area is 159 Å². The van der Waals surface area contributed by atoms with E-state index in [0.29, 0.717) is 5.75 Å². The van der Waals surface area contributed by atoms with Gasteiger partial charge in [0.1, 0.15) is 5.75 Å². The Morgan fingerprint density at radius 3 is 2.26 bits per heavy atom. The average Bonchev–Trinajstić information content (AvgIpc) is 2.74. The number of aryl methyl sites for hydroxylation is 1. The fourth-order valence-electron chi connectivity index (χ4n) is 2.57. The Morgan fingerprint density at radius 1 is 0.926 bits per heavy atom. The summed E-state index contributed by atoms with van der Waals surface area (Å²) >= 11 is 0. The number of hydrogen-bond acceptors (Lipinski definition) is 3. The van der Waals surface area contributed by atoms with E-state index < -0.39 is 0 Å². The molecule has 0 bridgehead atoms. The quantitative estimate of drug-likeness (QED) is 0.501.